The number of nitrogens with one attached hydrogen (secondary N) is 3. The number of carboxylic acid groups (broad SMARTS) is 1. The Morgan fingerprint density at radius 2 is 1.90 bits per heavy atom. The van der Waals surface area contributed by atoms with Crippen LogP contribution in [0.15, 0.2) is 75.4 Å². The molecule has 1 amide bonds. The van der Waals surface area contributed by atoms with Crippen molar-refractivity contribution in [1.82, 2.24) is 16.1 Å². The first-order valence-electron chi connectivity index (χ1n) is 12.6. The van der Waals surface area contributed by atoms with Crippen LogP contribution in [-0.4, -0.2) is 47.5 Å². The van der Waals surface area contributed by atoms with Gasteiger partial charge in [-0.15, -0.1) is 0 Å². The molecule has 2 aromatic carbocycles. The van der Waals surface area contributed by atoms with Gasteiger partial charge in [-0.1, -0.05) is 30.3 Å². The maximum absolute atomic E-state index is 12.7. The standard InChI is InChI=1S/C29H28N4O7S/c1-4-38-28(37)25-17(3)31-29(41)32-26(25)21-8-5-6-11-22(21)39-15-24(34)33-30-14-18-12-13-23(40-18)19-9-7-10-20(16(19)2)27(35)36/h5-14,26H,4,15H2,1-3H3,(H,33,34)(H,35,36)(H2,31,32,41)/t26-/m1/s1. The van der Waals surface area contributed by atoms with E-state index in [1.54, 1.807) is 69.3 Å². The number of hydrogen-bond donors (Lipinski definition) is 4. The minimum Gasteiger partial charge on any atom is -0.483 e. The number of carboxylic acids is 1. The molecule has 0 saturated carbocycles. The summed E-state index contributed by atoms with van der Waals surface area (Å²) >= 11 is 5.29. The molecule has 11 nitrogen and oxygen atoms in total. The molecule has 1 aromatic heterocycles. The number of thiocarbonyl (C=S) groups is 1. The third-order valence-electron chi connectivity index (χ3n) is 6.19. The largest absolute Gasteiger partial charge is 0.483 e. The van der Waals surface area contributed by atoms with Crippen molar-refractivity contribution < 1.29 is 33.4 Å². The molecule has 2 heterocycles. The van der Waals surface area contributed by atoms with Crippen LogP contribution in [-0.2, 0) is 14.3 Å². The van der Waals surface area contributed by atoms with Crippen LogP contribution >= 0.6 is 12.2 Å². The molecule has 4 rings (SSSR count). The summed E-state index contributed by atoms with van der Waals surface area (Å²) in [4.78, 5) is 36.6. The van der Waals surface area contributed by atoms with Gasteiger partial charge in [0, 0.05) is 16.8 Å². The number of ether oxygens (including phenoxy) is 2. The number of amides is 1. The van der Waals surface area contributed by atoms with Gasteiger partial charge in [-0.05, 0) is 62.8 Å². The smallest absolute Gasteiger partial charge is 0.338 e. The second kappa shape index (κ2) is 12.9. The highest BCUT2D eigenvalue weighted by Crippen LogP contribution is 2.33. The van der Waals surface area contributed by atoms with E-state index in [2.05, 4.69) is 21.2 Å². The predicted octanol–water partition coefficient (Wildman–Crippen LogP) is 3.84. The van der Waals surface area contributed by atoms with Gasteiger partial charge >= 0.3 is 11.9 Å². The molecule has 3 aromatic rings. The van der Waals surface area contributed by atoms with Gasteiger partial charge in [0.05, 0.1) is 30.0 Å². The molecule has 0 radical (unpaired) electrons. The highest BCUT2D eigenvalue weighted by molar-refractivity contribution is 7.80. The minimum absolute atomic E-state index is 0.185. The Morgan fingerprint density at radius 1 is 1.12 bits per heavy atom. The van der Waals surface area contributed by atoms with E-state index in [0.29, 0.717) is 50.3 Å². The lowest BCUT2D eigenvalue weighted by Gasteiger charge is -2.30. The second-order valence-corrected chi connectivity index (χ2v) is 9.30. The lowest BCUT2D eigenvalue weighted by molar-refractivity contribution is -0.139. The van der Waals surface area contributed by atoms with Crippen molar-refractivity contribution in [3.05, 3.63) is 88.3 Å². The lowest BCUT2D eigenvalue weighted by Crippen LogP contribution is -2.45. The van der Waals surface area contributed by atoms with Gasteiger partial charge in [0.25, 0.3) is 5.91 Å². The van der Waals surface area contributed by atoms with E-state index in [-0.39, 0.29) is 18.8 Å². The van der Waals surface area contributed by atoms with Crippen LogP contribution in [0.25, 0.3) is 11.3 Å². The van der Waals surface area contributed by atoms with Crippen molar-refractivity contribution in [2.24, 2.45) is 5.10 Å². The first-order valence-corrected chi connectivity index (χ1v) is 13.0. The molecule has 12 heteroatoms. The van der Waals surface area contributed by atoms with Crippen LogP contribution < -0.4 is 20.8 Å². The zero-order valence-corrected chi connectivity index (χ0v) is 23.3. The quantitative estimate of drug-likeness (QED) is 0.121. The Kier molecular flexibility index (Phi) is 9.15. The number of carbonyl (C=O) groups is 3. The lowest BCUT2D eigenvalue weighted by atomic mass is 9.95. The Morgan fingerprint density at radius 3 is 2.66 bits per heavy atom. The number of carbonyl (C=O) groups excluding carboxylic acids is 2. The number of allylic oxidation sites excluding steroid dienone is 1. The molecule has 0 saturated heterocycles. The summed E-state index contributed by atoms with van der Waals surface area (Å²) in [6.45, 7) is 5.02. The fourth-order valence-corrected chi connectivity index (χ4v) is 4.57. The van der Waals surface area contributed by atoms with Gasteiger partial charge in [0.15, 0.2) is 11.7 Å². The molecular weight excluding hydrogens is 548 g/mol. The van der Waals surface area contributed by atoms with Crippen LogP contribution in [0.4, 0.5) is 0 Å². The van der Waals surface area contributed by atoms with Gasteiger partial charge in [0.2, 0.25) is 0 Å². The molecule has 212 valence electrons. The van der Waals surface area contributed by atoms with Gasteiger partial charge in [-0.2, -0.15) is 5.10 Å². The van der Waals surface area contributed by atoms with E-state index in [1.807, 2.05) is 0 Å². The van der Waals surface area contributed by atoms with E-state index >= 15 is 0 Å². The summed E-state index contributed by atoms with van der Waals surface area (Å²) in [6.07, 6.45) is 1.32. The van der Waals surface area contributed by atoms with Crippen molar-refractivity contribution in [2.45, 2.75) is 26.8 Å². The highest BCUT2D eigenvalue weighted by atomic mass is 32.1. The molecule has 0 unspecified atom stereocenters. The molecule has 4 N–H and O–H groups in total. The summed E-state index contributed by atoms with van der Waals surface area (Å²) in [6, 6.07) is 14.6. The first-order chi connectivity index (χ1) is 19.7. The number of benzene rings is 2. The summed E-state index contributed by atoms with van der Waals surface area (Å²) in [7, 11) is 0. The van der Waals surface area contributed by atoms with Gasteiger partial charge in [-0.25, -0.2) is 15.0 Å². The third kappa shape index (κ3) is 6.79. The van der Waals surface area contributed by atoms with Crippen molar-refractivity contribution in [3.63, 3.8) is 0 Å². The average molecular weight is 577 g/mol. The molecule has 0 fully saturated rings. The van der Waals surface area contributed by atoms with Crippen LogP contribution in [0.2, 0.25) is 0 Å². The SMILES string of the molecule is CCOC(=O)C1=C(C)NC(=S)N[C@@H]1c1ccccc1OCC(=O)NN=Cc1ccc(-c2cccc(C(=O)O)c2C)o1. The Hall–Kier alpha value is -4.97. The Bertz CT molecular complexity index is 1560. The summed E-state index contributed by atoms with van der Waals surface area (Å²) in [5.41, 5.74) is 5.29. The zero-order chi connectivity index (χ0) is 29.5. The number of esters is 1. The van der Waals surface area contributed by atoms with Crippen LogP contribution in [0, 0.1) is 6.92 Å². The number of para-hydroxylation sites is 1. The van der Waals surface area contributed by atoms with Crippen molar-refractivity contribution >= 4 is 41.4 Å². The zero-order valence-electron chi connectivity index (χ0n) is 22.5. The minimum atomic E-state index is -1.02. The monoisotopic (exact) mass is 576 g/mol. The molecule has 0 bridgehead atoms. The molecule has 0 aliphatic carbocycles. The molecule has 41 heavy (non-hydrogen) atoms. The van der Waals surface area contributed by atoms with E-state index in [4.69, 9.17) is 26.1 Å². The van der Waals surface area contributed by atoms with E-state index in [1.165, 1.54) is 12.3 Å². The van der Waals surface area contributed by atoms with E-state index in [9.17, 15) is 19.5 Å². The number of aromatic carboxylic acids is 1. The summed E-state index contributed by atoms with van der Waals surface area (Å²) < 4.78 is 16.8. The van der Waals surface area contributed by atoms with Crippen molar-refractivity contribution in [3.8, 4) is 17.1 Å². The summed E-state index contributed by atoms with van der Waals surface area (Å²) in [5.74, 6) is -0.849. The van der Waals surface area contributed by atoms with Crippen LogP contribution in [0.1, 0.15) is 47.1 Å². The summed E-state index contributed by atoms with van der Waals surface area (Å²) in [5, 5.41) is 19.6. The third-order valence-corrected chi connectivity index (χ3v) is 6.41. The number of nitrogens with zero attached hydrogens (tertiary/aromatic N) is 1. The number of hydrazone groups is 1. The Balaban J connectivity index is 1.41. The molecule has 1 atom stereocenters. The van der Waals surface area contributed by atoms with Gasteiger partial charge in [-0.3, -0.25) is 4.79 Å². The first kappa shape index (κ1) is 29.0. The fraction of sp³-hybridized carbons (Fsp3) is 0.207. The topological polar surface area (TPSA) is 151 Å². The fourth-order valence-electron chi connectivity index (χ4n) is 4.30. The van der Waals surface area contributed by atoms with E-state index in [0.717, 1.165) is 0 Å². The second-order valence-electron chi connectivity index (χ2n) is 8.90. The number of furan rings is 1. The van der Waals surface area contributed by atoms with Crippen LogP contribution in [0.5, 0.6) is 5.75 Å². The van der Waals surface area contributed by atoms with Crippen molar-refractivity contribution in [2.75, 3.05) is 13.2 Å². The molecule has 1 aliphatic heterocycles. The average Bonchev–Trinajstić information content (AvgIpc) is 3.40. The van der Waals surface area contributed by atoms with Gasteiger partial charge in [0.1, 0.15) is 17.3 Å². The van der Waals surface area contributed by atoms with Crippen LogP contribution in [0.3, 0.4) is 0 Å². The molecule has 1 aliphatic rings. The highest BCUT2D eigenvalue weighted by Gasteiger charge is 2.32. The van der Waals surface area contributed by atoms with Gasteiger partial charge < -0.3 is 29.6 Å². The van der Waals surface area contributed by atoms with E-state index < -0.39 is 23.9 Å². The maximum Gasteiger partial charge on any atom is 0.338 e. The predicted molar refractivity (Wildman–Crippen MR) is 154 cm³/mol. The molecule has 0 spiro atoms. The maximum atomic E-state index is 12.7. The Labute approximate surface area is 241 Å². The van der Waals surface area contributed by atoms with Crippen molar-refractivity contribution in [1.29, 1.82) is 0 Å². The number of rotatable bonds is 10. The molecular formula is C29H28N4O7S. The normalized spacial score (nSPS) is 14.8. The number of hydrogen-bond acceptors (Lipinski definition) is 8.